The van der Waals surface area contributed by atoms with E-state index in [-0.39, 0.29) is 0 Å². The number of hydrogen-bond acceptors (Lipinski definition) is 0. The zero-order chi connectivity index (χ0) is 51.5. The fourth-order valence-electron chi connectivity index (χ4n) is 12.0. The van der Waals surface area contributed by atoms with Crippen molar-refractivity contribution < 1.29 is 0 Å². The minimum absolute atomic E-state index is 1.24. The molecule has 0 saturated heterocycles. The Morgan fingerprint density at radius 1 is 0.213 bits per heavy atom. The van der Waals surface area contributed by atoms with Crippen LogP contribution in [0.15, 0.2) is 224 Å². The third-order valence-electron chi connectivity index (χ3n) is 15.6. The second kappa shape index (κ2) is 19.2. The summed E-state index contributed by atoms with van der Waals surface area (Å²) in [4.78, 5) is 0. The van der Waals surface area contributed by atoms with E-state index in [0.717, 1.165) is 0 Å². The number of aryl methyl sites for hydroxylation is 8. The van der Waals surface area contributed by atoms with Gasteiger partial charge in [0.15, 0.2) is 0 Å². The van der Waals surface area contributed by atoms with Crippen molar-refractivity contribution in [1.29, 1.82) is 0 Å². The van der Waals surface area contributed by atoms with Gasteiger partial charge in [0, 0.05) is 16.2 Å². The van der Waals surface area contributed by atoms with Crippen LogP contribution in [0.5, 0.6) is 0 Å². The second-order valence-corrected chi connectivity index (χ2v) is 21.0. The molecule has 362 valence electrons. The maximum atomic E-state index is 2.41. The summed E-state index contributed by atoms with van der Waals surface area (Å²) in [6.45, 7) is 17.4. The van der Waals surface area contributed by atoms with E-state index in [1.807, 2.05) is 0 Å². The van der Waals surface area contributed by atoms with E-state index in [1.54, 1.807) is 0 Å². The quantitative estimate of drug-likeness (QED) is 0.145. The maximum absolute atomic E-state index is 2.41. The highest BCUT2D eigenvalue weighted by Crippen LogP contribution is 2.39. The lowest BCUT2D eigenvalue weighted by Crippen LogP contribution is -1.95. The number of hydrogen-bond donors (Lipinski definition) is 0. The van der Waals surface area contributed by atoms with Crippen LogP contribution < -0.4 is 0 Å². The SMILES string of the molecule is Cc1cc2c3ccccc3c(C)cc2c2ccccc12.Cc1cc2ccc3cc(C)cc4ccc(c1)c2c34.Cc1ccc2c(c1)c1cc(C)ccc1n2-c1cccc2ccccc12.Cc1cccc2c(C)cccc12. The van der Waals surface area contributed by atoms with Gasteiger partial charge in [-0.25, -0.2) is 0 Å². The number of benzene rings is 14. The van der Waals surface area contributed by atoms with Gasteiger partial charge in [0.05, 0.1) is 16.7 Å². The molecule has 0 radical (unpaired) electrons. The molecular weight excluding hydrogens is 903 g/mol. The molecule has 75 heavy (non-hydrogen) atoms. The third kappa shape index (κ3) is 8.59. The minimum Gasteiger partial charge on any atom is -0.309 e. The van der Waals surface area contributed by atoms with Crippen LogP contribution in [0.2, 0.25) is 0 Å². The van der Waals surface area contributed by atoms with E-state index in [4.69, 9.17) is 0 Å². The summed E-state index contributed by atoms with van der Waals surface area (Å²) < 4.78 is 2.41. The smallest absolute Gasteiger partial charge is 0.0541 e. The zero-order valence-corrected chi connectivity index (χ0v) is 44.3. The van der Waals surface area contributed by atoms with Gasteiger partial charge in [0.1, 0.15) is 0 Å². The monoisotopic (exact) mass is 963 g/mol. The molecule has 0 aliphatic carbocycles. The maximum Gasteiger partial charge on any atom is 0.0541 e. The van der Waals surface area contributed by atoms with E-state index in [9.17, 15) is 0 Å². The molecule has 1 nitrogen and oxygen atoms in total. The first kappa shape index (κ1) is 47.2. The Labute approximate surface area is 440 Å². The van der Waals surface area contributed by atoms with Crippen molar-refractivity contribution in [3.05, 3.63) is 269 Å². The molecule has 0 saturated carbocycles. The summed E-state index contributed by atoms with van der Waals surface area (Å²) in [6.07, 6.45) is 0. The van der Waals surface area contributed by atoms with E-state index in [1.165, 1.54) is 158 Å². The second-order valence-electron chi connectivity index (χ2n) is 21.0. The predicted molar refractivity (Wildman–Crippen MR) is 329 cm³/mol. The molecule has 1 heterocycles. The van der Waals surface area contributed by atoms with Crippen LogP contribution in [-0.2, 0) is 0 Å². The van der Waals surface area contributed by atoms with Crippen LogP contribution in [0.3, 0.4) is 0 Å². The van der Waals surface area contributed by atoms with Gasteiger partial charge in [-0.3, -0.25) is 0 Å². The molecule has 0 N–H and O–H groups in total. The molecule has 0 spiro atoms. The lowest BCUT2D eigenvalue weighted by molar-refractivity contribution is 1.19. The van der Waals surface area contributed by atoms with Gasteiger partial charge in [0.2, 0.25) is 0 Å². The molecular formula is C74H61N. The van der Waals surface area contributed by atoms with Gasteiger partial charge in [0.25, 0.3) is 0 Å². The lowest BCUT2D eigenvalue weighted by atomic mass is 9.92. The van der Waals surface area contributed by atoms with E-state index in [2.05, 4.69) is 284 Å². The van der Waals surface area contributed by atoms with Crippen LogP contribution in [0.4, 0.5) is 0 Å². The number of fused-ring (bicyclic) bond motifs is 10. The van der Waals surface area contributed by atoms with Crippen LogP contribution in [-0.4, -0.2) is 4.57 Å². The summed E-state index contributed by atoms with van der Waals surface area (Å²) in [5, 5.41) is 24.3. The number of nitrogens with zero attached hydrogens (tertiary/aromatic N) is 1. The Morgan fingerprint density at radius 3 is 1.03 bits per heavy atom. The molecule has 0 bridgehead atoms. The van der Waals surface area contributed by atoms with Gasteiger partial charge in [-0.15, -0.1) is 0 Å². The van der Waals surface area contributed by atoms with E-state index >= 15 is 0 Å². The molecule has 15 rings (SSSR count). The molecule has 0 fully saturated rings. The first-order chi connectivity index (χ1) is 36.5. The van der Waals surface area contributed by atoms with E-state index in [0.29, 0.717) is 0 Å². The van der Waals surface area contributed by atoms with Gasteiger partial charge >= 0.3 is 0 Å². The van der Waals surface area contributed by atoms with Gasteiger partial charge in [-0.05, 0) is 200 Å². The first-order valence-corrected chi connectivity index (χ1v) is 26.4. The van der Waals surface area contributed by atoms with Crippen molar-refractivity contribution in [2.75, 3.05) is 0 Å². The topological polar surface area (TPSA) is 4.93 Å². The highest BCUT2D eigenvalue weighted by atomic mass is 15.0. The summed E-state index contributed by atoms with van der Waals surface area (Å²) in [5.74, 6) is 0. The Bertz CT molecular complexity index is 4350. The van der Waals surface area contributed by atoms with Crippen molar-refractivity contribution in [3.8, 4) is 5.69 Å². The van der Waals surface area contributed by atoms with Crippen molar-refractivity contribution >= 4 is 108 Å². The predicted octanol–water partition coefficient (Wildman–Crippen LogP) is 21.0. The average molecular weight is 964 g/mol. The fourth-order valence-corrected chi connectivity index (χ4v) is 12.0. The fraction of sp³-hybridized carbons (Fsp3) is 0.108. The third-order valence-corrected chi connectivity index (χ3v) is 15.6. The standard InChI is InChI=1S/C24H19N.C20H16.C18H14.C12H12/c1-16-10-12-23-20(14-16)21-15-17(2)11-13-24(21)25(23)22-9-5-7-18-6-3-4-8-19(18)22;1-13-11-19-18-10-6-4-8-16(18)14(2)12-20(19)17-9-5-3-7-15(13)17;1-11-7-13-3-5-15-9-12(2)10-16-6-4-14(8-11)17(13)18(15)16;1-9-5-3-8-12-10(2)6-4-7-11(9)12/h3-15H,1-2H3;3-12H,1-2H3;3-10H,1-2H3;3-8H,1-2H3. The zero-order valence-electron chi connectivity index (χ0n) is 44.3. The molecule has 0 amide bonds. The highest BCUT2D eigenvalue weighted by Gasteiger charge is 2.15. The Morgan fingerprint density at radius 2 is 0.573 bits per heavy atom. The van der Waals surface area contributed by atoms with Crippen LogP contribution in [0.25, 0.3) is 114 Å². The van der Waals surface area contributed by atoms with Crippen LogP contribution >= 0.6 is 0 Å². The van der Waals surface area contributed by atoms with Gasteiger partial charge in [-0.1, -0.05) is 205 Å². The molecule has 15 aromatic rings. The summed E-state index contributed by atoms with van der Waals surface area (Å²) in [7, 11) is 0. The van der Waals surface area contributed by atoms with Crippen molar-refractivity contribution in [2.45, 2.75) is 55.4 Å². The Hall–Kier alpha value is -8.78. The van der Waals surface area contributed by atoms with Crippen molar-refractivity contribution in [3.63, 3.8) is 0 Å². The average Bonchev–Trinajstić information content (AvgIpc) is 3.73. The summed E-state index contributed by atoms with van der Waals surface area (Å²) in [5.41, 5.74) is 14.4. The number of aromatic nitrogens is 1. The first-order valence-electron chi connectivity index (χ1n) is 26.4. The Kier molecular flexibility index (Phi) is 12.1. The minimum atomic E-state index is 1.24. The van der Waals surface area contributed by atoms with Gasteiger partial charge < -0.3 is 4.57 Å². The molecule has 0 aliphatic heterocycles. The number of rotatable bonds is 1. The molecule has 14 aromatic carbocycles. The molecule has 0 unspecified atom stereocenters. The largest absolute Gasteiger partial charge is 0.309 e. The molecule has 1 aromatic heterocycles. The van der Waals surface area contributed by atoms with Crippen molar-refractivity contribution in [2.24, 2.45) is 0 Å². The summed E-state index contributed by atoms with van der Waals surface area (Å²) >= 11 is 0. The molecule has 0 aliphatic rings. The van der Waals surface area contributed by atoms with Crippen LogP contribution in [0, 0.1) is 55.4 Å². The Balaban J connectivity index is 0.000000104. The van der Waals surface area contributed by atoms with Crippen LogP contribution in [0.1, 0.15) is 44.5 Å². The van der Waals surface area contributed by atoms with E-state index < -0.39 is 0 Å². The summed E-state index contributed by atoms with van der Waals surface area (Å²) in [6, 6.07) is 81.8. The normalized spacial score (nSPS) is 11.5. The lowest BCUT2D eigenvalue weighted by Gasteiger charge is -2.12. The van der Waals surface area contributed by atoms with Crippen molar-refractivity contribution in [1.82, 2.24) is 4.57 Å². The van der Waals surface area contributed by atoms with Gasteiger partial charge in [-0.2, -0.15) is 0 Å². The highest BCUT2D eigenvalue weighted by molar-refractivity contribution is 6.23. The molecule has 0 atom stereocenters. The molecule has 1 heteroatoms.